The topological polar surface area (TPSA) is 60.6 Å². The Bertz CT molecular complexity index is 661. The first-order valence-corrected chi connectivity index (χ1v) is 8.58. The summed E-state index contributed by atoms with van der Waals surface area (Å²) in [5.41, 5.74) is 2.12. The van der Waals surface area contributed by atoms with Gasteiger partial charge in [0.2, 0.25) is 0 Å². The lowest BCUT2D eigenvalue weighted by atomic mass is 10.0. The molecule has 2 fully saturated rings. The van der Waals surface area contributed by atoms with Crippen molar-refractivity contribution in [2.75, 3.05) is 13.2 Å². The van der Waals surface area contributed by atoms with E-state index in [1.54, 1.807) is 12.4 Å². The van der Waals surface area contributed by atoms with Crippen LogP contribution in [0.1, 0.15) is 29.9 Å². The summed E-state index contributed by atoms with van der Waals surface area (Å²) in [6, 6.07) is 6.39. The van der Waals surface area contributed by atoms with Crippen LogP contribution in [0.25, 0.3) is 0 Å². The number of aryl methyl sites for hydroxylation is 1. The summed E-state index contributed by atoms with van der Waals surface area (Å²) in [5.74, 6) is 0.853. The maximum atomic E-state index is 6.19. The molecule has 0 bridgehead atoms. The van der Waals surface area contributed by atoms with Gasteiger partial charge in [-0.1, -0.05) is 5.16 Å². The predicted octanol–water partition coefficient (Wildman–Crippen LogP) is 2.33. The molecular formula is C18H23N3O3. The highest BCUT2D eigenvalue weighted by molar-refractivity contribution is 5.09. The molecule has 4 heterocycles. The van der Waals surface area contributed by atoms with Gasteiger partial charge in [-0.05, 0) is 37.5 Å². The number of likely N-dealkylation sites (tertiary alicyclic amines) is 1. The molecule has 2 aromatic heterocycles. The van der Waals surface area contributed by atoms with E-state index in [4.69, 9.17) is 14.0 Å². The average molecular weight is 329 g/mol. The van der Waals surface area contributed by atoms with Crippen LogP contribution in [0.15, 0.2) is 35.1 Å². The van der Waals surface area contributed by atoms with Crippen molar-refractivity contribution in [1.29, 1.82) is 0 Å². The van der Waals surface area contributed by atoms with Crippen LogP contribution in [0.2, 0.25) is 0 Å². The highest BCUT2D eigenvalue weighted by Crippen LogP contribution is 2.32. The normalized spacial score (nSPS) is 27.3. The number of rotatable bonds is 5. The molecule has 0 N–H and O–H groups in total. The number of fused-ring (bicyclic) bond motifs is 1. The van der Waals surface area contributed by atoms with Crippen molar-refractivity contribution >= 4 is 0 Å². The van der Waals surface area contributed by atoms with Crippen LogP contribution >= 0.6 is 0 Å². The Hall–Kier alpha value is -1.76. The lowest BCUT2D eigenvalue weighted by molar-refractivity contribution is -0.0819. The molecule has 0 saturated carbocycles. The van der Waals surface area contributed by atoms with Crippen molar-refractivity contribution in [3.8, 4) is 0 Å². The van der Waals surface area contributed by atoms with Crippen LogP contribution in [-0.4, -0.2) is 46.4 Å². The molecule has 2 aromatic rings. The maximum Gasteiger partial charge on any atom is 0.133 e. The van der Waals surface area contributed by atoms with Crippen LogP contribution in [0, 0.1) is 6.92 Å². The quantitative estimate of drug-likeness (QED) is 0.839. The monoisotopic (exact) mass is 329 g/mol. The zero-order valence-electron chi connectivity index (χ0n) is 13.9. The first-order valence-electron chi connectivity index (χ1n) is 8.58. The van der Waals surface area contributed by atoms with Gasteiger partial charge in [-0.25, -0.2) is 0 Å². The van der Waals surface area contributed by atoms with Crippen molar-refractivity contribution < 1.29 is 14.0 Å². The third-order valence-electron chi connectivity index (χ3n) is 4.84. The smallest absolute Gasteiger partial charge is 0.133 e. The van der Waals surface area contributed by atoms with Gasteiger partial charge in [0.1, 0.15) is 11.9 Å². The Balaban J connectivity index is 1.42. The summed E-state index contributed by atoms with van der Waals surface area (Å²) in [4.78, 5) is 6.48. The highest BCUT2D eigenvalue weighted by Gasteiger charge is 2.44. The Labute approximate surface area is 141 Å². The molecule has 0 aliphatic carbocycles. The summed E-state index contributed by atoms with van der Waals surface area (Å²) in [5, 5.41) is 4.13. The first kappa shape index (κ1) is 15.7. The van der Waals surface area contributed by atoms with Crippen LogP contribution in [0.5, 0.6) is 0 Å². The standard InChI is InChI=1S/C18H23N3O3/c1-13-9-15(20-24-13)10-21-11-17(18-16(21)3-2-8-22-18)23-12-14-4-6-19-7-5-14/h4-7,9,16-18H,2-3,8,10-12H2,1H3/t16-,17+,18+/m1/s1. The molecule has 2 aliphatic rings. The van der Waals surface area contributed by atoms with Gasteiger partial charge in [0.25, 0.3) is 0 Å². The number of pyridine rings is 1. The molecule has 24 heavy (non-hydrogen) atoms. The molecule has 0 amide bonds. The van der Waals surface area contributed by atoms with E-state index in [1.165, 1.54) is 0 Å². The lowest BCUT2D eigenvalue weighted by Crippen LogP contribution is -2.41. The van der Waals surface area contributed by atoms with E-state index in [2.05, 4.69) is 15.0 Å². The molecule has 0 radical (unpaired) electrons. The van der Waals surface area contributed by atoms with Gasteiger partial charge in [-0.15, -0.1) is 0 Å². The molecule has 6 nitrogen and oxygen atoms in total. The third-order valence-corrected chi connectivity index (χ3v) is 4.84. The number of ether oxygens (including phenoxy) is 2. The van der Waals surface area contributed by atoms with Crippen molar-refractivity contribution in [2.24, 2.45) is 0 Å². The number of hydrogen-bond donors (Lipinski definition) is 0. The number of nitrogens with zero attached hydrogens (tertiary/aromatic N) is 3. The van der Waals surface area contributed by atoms with E-state index in [-0.39, 0.29) is 12.2 Å². The predicted molar refractivity (Wildman–Crippen MR) is 87.2 cm³/mol. The van der Waals surface area contributed by atoms with Crippen LogP contribution < -0.4 is 0 Å². The van der Waals surface area contributed by atoms with E-state index in [9.17, 15) is 0 Å². The molecule has 0 spiro atoms. The van der Waals surface area contributed by atoms with Crippen LogP contribution in [-0.2, 0) is 22.6 Å². The van der Waals surface area contributed by atoms with Gasteiger partial charge in [0.05, 0.1) is 18.4 Å². The van der Waals surface area contributed by atoms with E-state index >= 15 is 0 Å². The fourth-order valence-corrected chi connectivity index (χ4v) is 3.72. The zero-order valence-corrected chi connectivity index (χ0v) is 13.9. The Kier molecular flexibility index (Phi) is 4.60. The van der Waals surface area contributed by atoms with Crippen molar-refractivity contribution in [2.45, 2.75) is 51.2 Å². The maximum absolute atomic E-state index is 6.19. The van der Waals surface area contributed by atoms with E-state index in [0.717, 1.165) is 49.6 Å². The molecular weight excluding hydrogens is 306 g/mol. The fourth-order valence-electron chi connectivity index (χ4n) is 3.72. The van der Waals surface area contributed by atoms with Crippen molar-refractivity contribution in [3.05, 3.63) is 47.6 Å². The minimum Gasteiger partial charge on any atom is -0.374 e. The largest absolute Gasteiger partial charge is 0.374 e. The van der Waals surface area contributed by atoms with E-state index in [1.807, 2.05) is 25.1 Å². The molecule has 2 saturated heterocycles. The minimum atomic E-state index is 0.0939. The minimum absolute atomic E-state index is 0.0939. The van der Waals surface area contributed by atoms with E-state index in [0.29, 0.717) is 12.6 Å². The third kappa shape index (κ3) is 3.36. The summed E-state index contributed by atoms with van der Waals surface area (Å²) >= 11 is 0. The second kappa shape index (κ2) is 7.01. The second-order valence-electron chi connectivity index (χ2n) is 6.61. The molecule has 0 unspecified atom stereocenters. The summed E-state index contributed by atoms with van der Waals surface area (Å²) < 4.78 is 17.4. The molecule has 2 aliphatic heterocycles. The van der Waals surface area contributed by atoms with Gasteiger partial charge in [0, 0.05) is 44.2 Å². The number of aromatic nitrogens is 2. The van der Waals surface area contributed by atoms with Crippen LogP contribution in [0.4, 0.5) is 0 Å². The molecule has 3 atom stereocenters. The highest BCUT2D eigenvalue weighted by atomic mass is 16.5. The molecule has 4 rings (SSSR count). The zero-order chi connectivity index (χ0) is 16.4. The lowest BCUT2D eigenvalue weighted by Gasteiger charge is -2.32. The van der Waals surface area contributed by atoms with Crippen molar-refractivity contribution in [1.82, 2.24) is 15.0 Å². The Morgan fingerprint density at radius 1 is 1.33 bits per heavy atom. The van der Waals surface area contributed by atoms with Gasteiger partial charge >= 0.3 is 0 Å². The van der Waals surface area contributed by atoms with Gasteiger partial charge in [-0.3, -0.25) is 9.88 Å². The number of hydrogen-bond acceptors (Lipinski definition) is 6. The van der Waals surface area contributed by atoms with Gasteiger partial charge in [0.15, 0.2) is 0 Å². The molecule has 0 aromatic carbocycles. The average Bonchev–Trinajstić information content (AvgIpc) is 3.18. The molecule has 6 heteroatoms. The van der Waals surface area contributed by atoms with E-state index < -0.39 is 0 Å². The fraction of sp³-hybridized carbons (Fsp3) is 0.556. The Morgan fingerprint density at radius 2 is 2.21 bits per heavy atom. The second-order valence-corrected chi connectivity index (χ2v) is 6.61. The summed E-state index contributed by atoms with van der Waals surface area (Å²) in [6.45, 7) is 5.00. The van der Waals surface area contributed by atoms with Crippen molar-refractivity contribution in [3.63, 3.8) is 0 Å². The summed E-state index contributed by atoms with van der Waals surface area (Å²) in [7, 11) is 0. The SMILES string of the molecule is Cc1cc(CN2C[C@H](OCc3ccncc3)[C@H]3OCCC[C@H]32)no1. The molecule has 128 valence electrons. The van der Waals surface area contributed by atoms with Gasteiger partial charge in [-0.2, -0.15) is 0 Å². The summed E-state index contributed by atoms with van der Waals surface area (Å²) in [6.07, 6.45) is 6.09. The Morgan fingerprint density at radius 3 is 3.00 bits per heavy atom. The van der Waals surface area contributed by atoms with Gasteiger partial charge < -0.3 is 14.0 Å². The van der Waals surface area contributed by atoms with Crippen LogP contribution in [0.3, 0.4) is 0 Å². The first-order chi connectivity index (χ1) is 11.8.